The van der Waals surface area contributed by atoms with Crippen molar-refractivity contribution in [3.8, 4) is 0 Å². The van der Waals surface area contributed by atoms with Gasteiger partial charge in [-0.25, -0.2) is 0 Å². The normalized spacial score (nSPS) is 33.9. The lowest BCUT2D eigenvalue weighted by atomic mass is 9.51. The van der Waals surface area contributed by atoms with Gasteiger partial charge in [0.1, 0.15) is 0 Å². The maximum Gasteiger partial charge on any atom is 0.0972 e. The van der Waals surface area contributed by atoms with Gasteiger partial charge in [-0.1, -0.05) is 6.42 Å². The molecule has 3 atom stereocenters. The molecule has 0 saturated heterocycles. The number of hydrogen-bond acceptors (Lipinski definition) is 4. The zero-order valence-electron chi connectivity index (χ0n) is 10.9. The summed E-state index contributed by atoms with van der Waals surface area (Å²) in [6.07, 6.45) is 5.19. The van der Waals surface area contributed by atoms with Gasteiger partial charge in [0.2, 0.25) is 0 Å². The highest BCUT2D eigenvalue weighted by Gasteiger charge is 2.58. The fourth-order valence-electron chi connectivity index (χ4n) is 3.12. The molecule has 0 radical (unpaired) electrons. The molecular formula is C13H25NO3. The quantitative estimate of drug-likeness (QED) is 0.641. The van der Waals surface area contributed by atoms with Crippen molar-refractivity contribution in [2.75, 3.05) is 19.8 Å². The van der Waals surface area contributed by atoms with Gasteiger partial charge in [-0.15, -0.1) is 0 Å². The van der Waals surface area contributed by atoms with Crippen molar-refractivity contribution in [1.82, 2.24) is 5.32 Å². The highest BCUT2D eigenvalue weighted by Crippen LogP contribution is 2.57. The molecule has 0 amide bonds. The number of rotatable bonds is 6. The molecule has 0 heterocycles. The van der Waals surface area contributed by atoms with Crippen LogP contribution in [0, 0.1) is 5.41 Å². The van der Waals surface area contributed by atoms with E-state index in [-0.39, 0.29) is 6.61 Å². The van der Waals surface area contributed by atoms with Crippen LogP contribution in [0.4, 0.5) is 0 Å². The second kappa shape index (κ2) is 4.84. The van der Waals surface area contributed by atoms with E-state index in [1.165, 1.54) is 19.3 Å². The molecule has 2 aliphatic carbocycles. The first-order valence-electron chi connectivity index (χ1n) is 6.72. The van der Waals surface area contributed by atoms with Crippen LogP contribution < -0.4 is 5.32 Å². The lowest BCUT2D eigenvalue weighted by molar-refractivity contribution is -0.175. The van der Waals surface area contributed by atoms with Gasteiger partial charge in [0.15, 0.2) is 0 Å². The number of aliphatic hydroxyl groups excluding tert-OH is 1. The highest BCUT2D eigenvalue weighted by molar-refractivity contribution is 5.12. The van der Waals surface area contributed by atoms with Crippen molar-refractivity contribution in [2.24, 2.45) is 5.41 Å². The van der Waals surface area contributed by atoms with Gasteiger partial charge in [-0.2, -0.15) is 0 Å². The Hall–Kier alpha value is -0.160. The molecule has 1 spiro atoms. The van der Waals surface area contributed by atoms with E-state index in [0.717, 1.165) is 13.0 Å². The summed E-state index contributed by atoms with van der Waals surface area (Å²) in [5, 5.41) is 22.2. The third kappa shape index (κ3) is 2.36. The molecule has 17 heavy (non-hydrogen) atoms. The van der Waals surface area contributed by atoms with Crippen LogP contribution in [0.25, 0.3) is 0 Å². The summed E-state index contributed by atoms with van der Waals surface area (Å²) in [7, 11) is 0. The van der Waals surface area contributed by atoms with Crippen molar-refractivity contribution in [1.29, 1.82) is 0 Å². The van der Waals surface area contributed by atoms with Crippen molar-refractivity contribution in [3.05, 3.63) is 0 Å². The van der Waals surface area contributed by atoms with Gasteiger partial charge in [-0.05, 0) is 33.1 Å². The SMILES string of the molecule is CCOC1CC(NCC(C)(O)CO)C12CCC2. The Morgan fingerprint density at radius 3 is 2.65 bits per heavy atom. The first-order chi connectivity index (χ1) is 8.04. The molecule has 2 saturated carbocycles. The molecule has 0 aromatic rings. The minimum absolute atomic E-state index is 0.200. The van der Waals surface area contributed by atoms with E-state index in [4.69, 9.17) is 9.84 Å². The van der Waals surface area contributed by atoms with Crippen LogP contribution in [0.2, 0.25) is 0 Å². The molecule has 3 N–H and O–H groups in total. The summed E-state index contributed by atoms with van der Waals surface area (Å²) in [5.41, 5.74) is -0.691. The van der Waals surface area contributed by atoms with Gasteiger partial charge < -0.3 is 20.3 Å². The van der Waals surface area contributed by atoms with Crippen LogP contribution in [0.15, 0.2) is 0 Å². The van der Waals surface area contributed by atoms with Crippen molar-refractivity contribution in [3.63, 3.8) is 0 Å². The first-order valence-corrected chi connectivity index (χ1v) is 6.72. The van der Waals surface area contributed by atoms with Crippen LogP contribution in [-0.4, -0.2) is 47.7 Å². The van der Waals surface area contributed by atoms with Gasteiger partial charge in [-0.3, -0.25) is 0 Å². The minimum atomic E-state index is -1.01. The molecule has 0 aliphatic heterocycles. The number of aliphatic hydroxyl groups is 2. The summed E-state index contributed by atoms with van der Waals surface area (Å²) in [6, 6.07) is 0.450. The average Bonchev–Trinajstić information content (AvgIpc) is 2.20. The lowest BCUT2D eigenvalue weighted by Crippen LogP contribution is -2.68. The third-order valence-electron chi connectivity index (χ3n) is 4.51. The smallest absolute Gasteiger partial charge is 0.0972 e. The monoisotopic (exact) mass is 243 g/mol. The minimum Gasteiger partial charge on any atom is -0.393 e. The predicted octanol–water partition coefficient (Wildman–Crippen LogP) is 0.667. The van der Waals surface area contributed by atoms with E-state index in [0.29, 0.717) is 24.1 Å². The Morgan fingerprint density at radius 1 is 1.47 bits per heavy atom. The molecule has 4 nitrogen and oxygen atoms in total. The maximum atomic E-state index is 9.78. The Kier molecular flexibility index (Phi) is 3.78. The summed E-state index contributed by atoms with van der Waals surface area (Å²) >= 11 is 0. The topological polar surface area (TPSA) is 61.7 Å². The molecule has 4 heteroatoms. The van der Waals surface area contributed by atoms with E-state index < -0.39 is 5.60 Å². The van der Waals surface area contributed by atoms with E-state index in [9.17, 15) is 5.11 Å². The summed E-state index contributed by atoms with van der Waals surface area (Å²) in [6.45, 7) is 4.74. The highest BCUT2D eigenvalue weighted by atomic mass is 16.5. The second-order valence-corrected chi connectivity index (χ2v) is 5.85. The van der Waals surface area contributed by atoms with E-state index >= 15 is 0 Å². The van der Waals surface area contributed by atoms with Crippen LogP contribution >= 0.6 is 0 Å². The summed E-state index contributed by atoms with van der Waals surface area (Å²) < 4.78 is 5.77. The summed E-state index contributed by atoms with van der Waals surface area (Å²) in [4.78, 5) is 0. The van der Waals surface area contributed by atoms with Crippen molar-refractivity contribution >= 4 is 0 Å². The fraction of sp³-hybridized carbons (Fsp3) is 1.00. The standard InChI is InChI=1S/C13H25NO3/c1-3-17-11-7-10(13(11)5-4-6-13)14-8-12(2,16)9-15/h10-11,14-16H,3-9H2,1-2H3. The van der Waals surface area contributed by atoms with Crippen LogP contribution in [0.1, 0.15) is 39.5 Å². The van der Waals surface area contributed by atoms with E-state index in [1.54, 1.807) is 6.92 Å². The Balaban J connectivity index is 1.83. The molecule has 2 fully saturated rings. The molecule has 3 unspecified atom stereocenters. The molecule has 0 aromatic carbocycles. The van der Waals surface area contributed by atoms with E-state index in [1.807, 2.05) is 6.92 Å². The zero-order valence-corrected chi connectivity index (χ0v) is 10.9. The zero-order chi connectivity index (χ0) is 12.5. The fourth-order valence-corrected chi connectivity index (χ4v) is 3.12. The van der Waals surface area contributed by atoms with Gasteiger partial charge in [0.25, 0.3) is 0 Å². The van der Waals surface area contributed by atoms with Gasteiger partial charge >= 0.3 is 0 Å². The first kappa shape index (κ1) is 13.3. The molecule has 2 aliphatic rings. The van der Waals surface area contributed by atoms with Crippen molar-refractivity contribution in [2.45, 2.75) is 57.3 Å². The largest absolute Gasteiger partial charge is 0.393 e. The van der Waals surface area contributed by atoms with Crippen molar-refractivity contribution < 1.29 is 14.9 Å². The average molecular weight is 243 g/mol. The second-order valence-electron chi connectivity index (χ2n) is 5.85. The molecular weight excluding hydrogens is 218 g/mol. The molecule has 0 bridgehead atoms. The Morgan fingerprint density at radius 2 is 2.18 bits per heavy atom. The van der Waals surface area contributed by atoms with Crippen LogP contribution in [0.5, 0.6) is 0 Å². The summed E-state index contributed by atoms with van der Waals surface area (Å²) in [5.74, 6) is 0. The third-order valence-corrected chi connectivity index (χ3v) is 4.51. The molecule has 100 valence electrons. The maximum absolute atomic E-state index is 9.78. The molecule has 0 aromatic heterocycles. The number of nitrogens with one attached hydrogen (secondary N) is 1. The number of ether oxygens (including phenoxy) is 1. The van der Waals surface area contributed by atoms with E-state index in [2.05, 4.69) is 5.32 Å². The molecule has 2 rings (SSSR count). The van der Waals surface area contributed by atoms with Gasteiger partial charge in [0, 0.05) is 24.6 Å². The lowest BCUT2D eigenvalue weighted by Gasteiger charge is -2.61. The van der Waals surface area contributed by atoms with Crippen LogP contribution in [0.3, 0.4) is 0 Å². The number of hydrogen-bond donors (Lipinski definition) is 3. The van der Waals surface area contributed by atoms with Gasteiger partial charge in [0.05, 0.1) is 18.3 Å². The Bertz CT molecular complexity index is 263. The Labute approximate surface area is 103 Å². The predicted molar refractivity (Wildman–Crippen MR) is 65.8 cm³/mol. The van der Waals surface area contributed by atoms with Crippen LogP contribution in [-0.2, 0) is 4.74 Å².